The topological polar surface area (TPSA) is 56.6 Å². The van der Waals surface area contributed by atoms with Gasteiger partial charge >= 0.3 is 6.09 Å². The van der Waals surface area contributed by atoms with Crippen molar-refractivity contribution >= 4 is 22.0 Å². The largest absolute Gasteiger partial charge is 0.490 e. The third kappa shape index (κ3) is 3.98. The molecule has 1 saturated carbocycles. The molecule has 1 aliphatic heterocycles. The van der Waals surface area contributed by atoms with Gasteiger partial charge in [0.2, 0.25) is 0 Å². The first kappa shape index (κ1) is 18.3. The Hall–Kier alpha value is -2.02. The molecule has 4 rings (SSSR count). The van der Waals surface area contributed by atoms with Gasteiger partial charge in [-0.25, -0.2) is 9.78 Å². The first-order valence-corrected chi connectivity index (χ1v) is 9.95. The predicted octanol–water partition coefficient (Wildman–Crippen LogP) is 4.41. The summed E-state index contributed by atoms with van der Waals surface area (Å²) in [6, 6.07) is 8.01. The van der Waals surface area contributed by atoms with E-state index in [1.165, 1.54) is 0 Å². The summed E-state index contributed by atoms with van der Waals surface area (Å²) >= 11 is 3.35. The average Bonchev–Trinajstić information content (AvgIpc) is 2.93. The number of halogens is 1. The van der Waals surface area contributed by atoms with Crippen LogP contribution >= 0.6 is 15.9 Å². The molecule has 1 spiro atoms. The van der Waals surface area contributed by atoms with Crippen LogP contribution < -0.4 is 4.74 Å². The number of rotatable bonds is 3. The molecule has 0 bridgehead atoms. The van der Waals surface area contributed by atoms with E-state index >= 15 is 0 Å². The number of benzene rings is 1. The van der Waals surface area contributed by atoms with E-state index in [1.807, 2.05) is 55.8 Å². The Morgan fingerprint density at radius 1 is 1.22 bits per heavy atom. The smallest absolute Gasteiger partial charge is 0.410 e. The van der Waals surface area contributed by atoms with Gasteiger partial charge in [0, 0.05) is 30.4 Å². The first-order valence-electron chi connectivity index (χ1n) is 9.16. The molecule has 0 radical (unpaired) electrons. The molecule has 1 aromatic heterocycles. The molecule has 6 nitrogen and oxygen atoms in total. The summed E-state index contributed by atoms with van der Waals surface area (Å²) in [7, 11) is 0. The standard InChI is InChI=1S/C20H24BrN3O3/c1-19(2,3)27-18(25)24-11-20(12-24)8-16(9-20)26-15-6-4-14(5-7-15)23-10-17(21)22-13-23/h4-7,10,13,16H,8-9,11-12H2,1-3H3. The zero-order valence-corrected chi connectivity index (χ0v) is 17.4. The van der Waals surface area contributed by atoms with E-state index < -0.39 is 5.60 Å². The van der Waals surface area contributed by atoms with Crippen molar-refractivity contribution in [3.8, 4) is 11.4 Å². The zero-order valence-electron chi connectivity index (χ0n) is 15.8. The van der Waals surface area contributed by atoms with Crippen LogP contribution in [0.1, 0.15) is 33.6 Å². The molecule has 0 N–H and O–H groups in total. The number of imidazole rings is 1. The fourth-order valence-corrected chi connectivity index (χ4v) is 4.11. The van der Waals surface area contributed by atoms with Crippen LogP contribution in [0.5, 0.6) is 5.75 Å². The van der Waals surface area contributed by atoms with Gasteiger partial charge in [-0.3, -0.25) is 0 Å². The second kappa shape index (κ2) is 6.55. The van der Waals surface area contributed by atoms with Crippen molar-refractivity contribution in [3.05, 3.63) is 41.4 Å². The second-order valence-corrected chi connectivity index (χ2v) is 9.39. The number of amides is 1. The monoisotopic (exact) mass is 433 g/mol. The Morgan fingerprint density at radius 2 is 1.89 bits per heavy atom. The van der Waals surface area contributed by atoms with Crippen molar-refractivity contribution in [2.45, 2.75) is 45.3 Å². The van der Waals surface area contributed by atoms with Gasteiger partial charge in [0.1, 0.15) is 28.4 Å². The molecule has 2 aliphatic rings. The van der Waals surface area contributed by atoms with Gasteiger partial charge in [0.05, 0.1) is 0 Å². The van der Waals surface area contributed by atoms with E-state index in [9.17, 15) is 4.79 Å². The third-order valence-corrected chi connectivity index (χ3v) is 5.42. The summed E-state index contributed by atoms with van der Waals surface area (Å²) in [5.74, 6) is 0.876. The SMILES string of the molecule is CC(C)(C)OC(=O)N1CC2(CC(Oc3ccc(-n4cnc(Br)c4)cc3)C2)C1. The van der Waals surface area contributed by atoms with E-state index in [1.54, 1.807) is 11.2 Å². The van der Waals surface area contributed by atoms with Crippen molar-refractivity contribution in [2.24, 2.45) is 5.41 Å². The Bertz CT molecular complexity index is 827. The Balaban J connectivity index is 1.25. The first-order chi connectivity index (χ1) is 12.7. The molecule has 27 heavy (non-hydrogen) atoms. The maximum atomic E-state index is 12.1. The number of aromatic nitrogens is 2. The molecule has 2 heterocycles. The number of nitrogens with zero attached hydrogens (tertiary/aromatic N) is 3. The molecule has 1 amide bonds. The minimum Gasteiger partial charge on any atom is -0.490 e. The van der Waals surface area contributed by atoms with Gasteiger partial charge in [-0.1, -0.05) is 0 Å². The summed E-state index contributed by atoms with van der Waals surface area (Å²) in [6.07, 6.45) is 5.67. The van der Waals surface area contributed by atoms with Crippen molar-refractivity contribution in [1.82, 2.24) is 14.5 Å². The van der Waals surface area contributed by atoms with E-state index in [-0.39, 0.29) is 17.6 Å². The minimum absolute atomic E-state index is 0.209. The number of hydrogen-bond donors (Lipinski definition) is 0. The van der Waals surface area contributed by atoms with Crippen LogP contribution in [0, 0.1) is 5.41 Å². The van der Waals surface area contributed by atoms with Crippen LogP contribution in [0.2, 0.25) is 0 Å². The number of carbonyl (C=O) groups excluding carboxylic acids is 1. The summed E-state index contributed by atoms with van der Waals surface area (Å²) in [5, 5.41) is 0. The lowest BCUT2D eigenvalue weighted by Gasteiger charge is -2.58. The Kier molecular flexibility index (Phi) is 4.45. The molecule has 144 valence electrons. The number of hydrogen-bond acceptors (Lipinski definition) is 4. The lowest BCUT2D eigenvalue weighted by Crippen LogP contribution is -2.66. The molecule has 1 saturated heterocycles. The van der Waals surface area contributed by atoms with Crippen molar-refractivity contribution in [1.29, 1.82) is 0 Å². The molecular weight excluding hydrogens is 410 g/mol. The fourth-order valence-electron chi connectivity index (χ4n) is 3.80. The second-order valence-electron chi connectivity index (χ2n) is 8.58. The van der Waals surface area contributed by atoms with Gasteiger partial charge in [0.25, 0.3) is 0 Å². The lowest BCUT2D eigenvalue weighted by atomic mass is 9.62. The van der Waals surface area contributed by atoms with Gasteiger partial charge < -0.3 is 18.9 Å². The maximum Gasteiger partial charge on any atom is 0.410 e. The van der Waals surface area contributed by atoms with E-state index in [0.717, 1.165) is 42.0 Å². The highest BCUT2D eigenvalue weighted by molar-refractivity contribution is 9.10. The number of carbonyl (C=O) groups is 1. The molecule has 2 aromatic rings. The zero-order chi connectivity index (χ0) is 19.2. The van der Waals surface area contributed by atoms with E-state index in [2.05, 4.69) is 20.9 Å². The maximum absolute atomic E-state index is 12.1. The highest BCUT2D eigenvalue weighted by Gasteiger charge is 2.55. The van der Waals surface area contributed by atoms with Gasteiger partial charge in [-0.15, -0.1) is 0 Å². The molecule has 2 fully saturated rings. The normalized spacial score (nSPS) is 18.7. The Labute approximate surface area is 167 Å². The van der Waals surface area contributed by atoms with Crippen LogP contribution in [-0.2, 0) is 4.74 Å². The molecule has 0 unspecified atom stereocenters. The average molecular weight is 434 g/mol. The molecule has 1 aliphatic carbocycles. The molecule has 0 atom stereocenters. The highest BCUT2D eigenvalue weighted by Crippen LogP contribution is 2.50. The molecule has 1 aromatic carbocycles. The number of ether oxygens (including phenoxy) is 2. The third-order valence-electron chi connectivity index (χ3n) is 5.01. The summed E-state index contributed by atoms with van der Waals surface area (Å²) in [4.78, 5) is 18.0. The quantitative estimate of drug-likeness (QED) is 0.718. The number of likely N-dealkylation sites (tertiary alicyclic amines) is 1. The summed E-state index contributed by atoms with van der Waals surface area (Å²) < 4.78 is 14.3. The van der Waals surface area contributed by atoms with Crippen molar-refractivity contribution in [2.75, 3.05) is 13.1 Å². The fraction of sp³-hybridized carbons (Fsp3) is 0.500. The van der Waals surface area contributed by atoms with E-state index in [0.29, 0.717) is 0 Å². The van der Waals surface area contributed by atoms with Gasteiger partial charge in [-0.2, -0.15) is 0 Å². The molecule has 7 heteroatoms. The van der Waals surface area contributed by atoms with Gasteiger partial charge in [0.15, 0.2) is 0 Å². The highest BCUT2D eigenvalue weighted by atomic mass is 79.9. The van der Waals surface area contributed by atoms with Crippen LogP contribution in [0.3, 0.4) is 0 Å². The summed E-state index contributed by atoms with van der Waals surface area (Å²) in [5.41, 5.74) is 0.826. The van der Waals surface area contributed by atoms with Crippen molar-refractivity contribution in [3.63, 3.8) is 0 Å². The summed E-state index contributed by atoms with van der Waals surface area (Å²) in [6.45, 7) is 7.23. The van der Waals surface area contributed by atoms with E-state index in [4.69, 9.17) is 9.47 Å². The van der Waals surface area contributed by atoms with Crippen LogP contribution in [-0.4, -0.2) is 45.3 Å². The molecular formula is C20H24BrN3O3. The van der Waals surface area contributed by atoms with Crippen LogP contribution in [0.4, 0.5) is 4.79 Å². The van der Waals surface area contributed by atoms with Crippen LogP contribution in [0.25, 0.3) is 5.69 Å². The predicted molar refractivity (Wildman–Crippen MR) is 105 cm³/mol. The Morgan fingerprint density at radius 3 is 2.44 bits per heavy atom. The van der Waals surface area contributed by atoms with Crippen molar-refractivity contribution < 1.29 is 14.3 Å². The van der Waals surface area contributed by atoms with Gasteiger partial charge in [-0.05, 0) is 73.8 Å². The lowest BCUT2D eigenvalue weighted by molar-refractivity contribution is -0.116. The minimum atomic E-state index is -0.440. The van der Waals surface area contributed by atoms with Crippen LogP contribution in [0.15, 0.2) is 41.4 Å².